The maximum absolute atomic E-state index is 5.74. The molecule has 4 nitrogen and oxygen atoms in total. The van der Waals surface area contributed by atoms with E-state index in [1.54, 1.807) is 0 Å². The van der Waals surface area contributed by atoms with E-state index in [1.807, 2.05) is 0 Å². The average Bonchev–Trinajstić information content (AvgIpc) is 1.65. The summed E-state index contributed by atoms with van der Waals surface area (Å²) >= 11 is -1.94. The first-order chi connectivity index (χ1) is 4.56. The Kier molecular flexibility index (Phi) is 38.2. The number of rotatable bonds is 0. The van der Waals surface area contributed by atoms with Crippen LogP contribution >= 0.6 is 28.3 Å². The number of hydrogen-bond acceptors (Lipinski definition) is 2. The van der Waals surface area contributed by atoms with Gasteiger partial charge in [-0.2, -0.15) is 0 Å². The molecule has 0 aromatic heterocycles. The van der Waals surface area contributed by atoms with Gasteiger partial charge >= 0.3 is 42.4 Å². The molecule has 8 heteroatoms. The van der Waals surface area contributed by atoms with Gasteiger partial charge in [-0.1, -0.05) is 0 Å². The molecule has 0 aromatic rings. The number of hydrogen-bond donors (Lipinski definition) is 4. The number of halogens is 3. The second-order valence-corrected chi connectivity index (χ2v) is 9.60. The van der Waals surface area contributed by atoms with Crippen LogP contribution in [0.15, 0.2) is 0 Å². The zero-order valence-corrected chi connectivity index (χ0v) is 8.97. The molecule has 0 rings (SSSR count). The predicted octanol–water partition coefficient (Wildman–Crippen LogP) is 0.924. The minimum absolute atomic E-state index is 1.50. The van der Waals surface area contributed by atoms with Crippen molar-refractivity contribution in [2.24, 2.45) is 11.5 Å². The van der Waals surface area contributed by atoms with Crippen LogP contribution in [0.2, 0.25) is 0 Å². The van der Waals surface area contributed by atoms with E-state index in [0.29, 0.717) is 0 Å². The van der Waals surface area contributed by atoms with Crippen LogP contribution in [0.3, 0.4) is 0 Å². The fourth-order valence-electron chi connectivity index (χ4n) is 0. The molecule has 0 bridgehead atoms. The summed E-state index contributed by atoms with van der Waals surface area (Å²) in [7, 11) is 14.9. The summed E-state index contributed by atoms with van der Waals surface area (Å²) in [6.45, 7) is 0. The van der Waals surface area contributed by atoms with Gasteiger partial charge in [0.25, 0.3) is 0 Å². The Hall–Kier alpha value is 0.498. The summed E-state index contributed by atoms with van der Waals surface area (Å²) in [5.41, 5.74) is 8.53. The van der Waals surface area contributed by atoms with Gasteiger partial charge in [-0.3, -0.25) is 0 Å². The summed E-state index contributed by atoms with van der Waals surface area (Å²) in [5.74, 6) is 0. The average molecular weight is 288 g/mol. The van der Waals surface area contributed by atoms with E-state index < -0.39 is 14.2 Å². The predicted molar refractivity (Wildman–Crippen MR) is 41.4 cm³/mol. The summed E-state index contributed by atoms with van der Waals surface area (Å²) < 4.78 is 0. The van der Waals surface area contributed by atoms with Gasteiger partial charge in [0.15, 0.2) is 0 Å². The first-order valence-electron chi connectivity index (χ1n) is 1.54. The third-order valence-corrected chi connectivity index (χ3v) is 0. The van der Waals surface area contributed by atoms with E-state index in [4.69, 9.17) is 39.1 Å². The van der Waals surface area contributed by atoms with E-state index in [2.05, 4.69) is 11.5 Å². The molecule has 0 unspecified atom stereocenters. The Labute approximate surface area is 77.2 Å². The Morgan fingerprint density at radius 2 is 1.00 bits per heavy atom. The van der Waals surface area contributed by atoms with Crippen molar-refractivity contribution in [2.75, 3.05) is 0 Å². The van der Waals surface area contributed by atoms with E-state index >= 15 is 0 Å². The first kappa shape index (κ1) is 16.8. The van der Waals surface area contributed by atoms with E-state index in [0.717, 1.165) is 0 Å². The summed E-state index contributed by atoms with van der Waals surface area (Å²) in [5, 5.41) is 11.5. The Bertz CT molecular complexity index is 60.8. The Morgan fingerprint density at radius 3 is 1.00 bits per heavy atom. The Balaban J connectivity index is -0.0000000750. The summed E-state index contributed by atoms with van der Waals surface area (Å²) in [6.07, 6.45) is 3.00. The van der Waals surface area contributed by atoms with Crippen molar-refractivity contribution < 1.29 is 14.2 Å². The molecule has 0 aliphatic rings. The van der Waals surface area contributed by atoms with Gasteiger partial charge in [0, 0.05) is 0 Å². The normalized spacial score (nSPS) is 6.00. The zero-order valence-electron chi connectivity index (χ0n) is 4.70. The molecular formula is C2H6Cl3MoN4-2. The standard InChI is InChI=1S/2CH3N2.3ClH.Mo/c2*2-1-3;;;;/h2*(H3,2,3);3*1H;/q2*-1;;;;+3/p-3. The second kappa shape index (κ2) is 22.7. The molecule has 0 spiro atoms. The van der Waals surface area contributed by atoms with Crippen LogP contribution in [0.1, 0.15) is 0 Å². The molecule has 0 amide bonds. The van der Waals surface area contributed by atoms with Crippen LogP contribution in [-0.2, 0) is 14.2 Å². The Morgan fingerprint density at radius 1 is 1.00 bits per heavy atom. The van der Waals surface area contributed by atoms with E-state index in [1.165, 1.54) is 12.7 Å². The molecule has 6 N–H and O–H groups in total. The van der Waals surface area contributed by atoms with Crippen LogP contribution in [0, 0.1) is 10.8 Å². The van der Waals surface area contributed by atoms with E-state index in [9.17, 15) is 0 Å². The van der Waals surface area contributed by atoms with Gasteiger partial charge in [0.1, 0.15) is 0 Å². The maximum atomic E-state index is 5.74. The van der Waals surface area contributed by atoms with E-state index in [-0.39, 0.29) is 0 Å². The van der Waals surface area contributed by atoms with Crippen molar-refractivity contribution in [3.8, 4) is 0 Å². The molecule has 0 saturated carbocycles. The molecule has 63 valence electrons. The van der Waals surface area contributed by atoms with Gasteiger partial charge < -0.3 is 35.0 Å². The first-order valence-corrected chi connectivity index (χ1v) is 9.29. The molecule has 0 radical (unpaired) electrons. The molecule has 0 aromatic carbocycles. The van der Waals surface area contributed by atoms with Crippen LogP contribution in [0.4, 0.5) is 0 Å². The monoisotopic (exact) mass is 289 g/mol. The minimum atomic E-state index is -1.94. The van der Waals surface area contributed by atoms with Crippen LogP contribution in [0.25, 0.3) is 0 Å². The third kappa shape index (κ3) is 1920. The van der Waals surface area contributed by atoms with Crippen molar-refractivity contribution in [3.05, 3.63) is 0 Å². The molecule has 0 heterocycles. The van der Waals surface area contributed by atoms with Gasteiger partial charge in [-0.25, -0.2) is 0 Å². The second-order valence-electron chi connectivity index (χ2n) is 0.464. The fourth-order valence-corrected chi connectivity index (χ4v) is 0. The van der Waals surface area contributed by atoms with Crippen molar-refractivity contribution >= 4 is 40.9 Å². The molecular weight excluding hydrogens is 282 g/mol. The van der Waals surface area contributed by atoms with Gasteiger partial charge in [0.2, 0.25) is 0 Å². The number of nitrogens with one attached hydrogen (secondary N) is 2. The summed E-state index contributed by atoms with van der Waals surface area (Å²) in [4.78, 5) is 0. The number of nitrogens with two attached hydrogens (primary N) is 2. The van der Waals surface area contributed by atoms with Crippen molar-refractivity contribution in [3.63, 3.8) is 0 Å². The third-order valence-electron chi connectivity index (χ3n) is 0. The van der Waals surface area contributed by atoms with Crippen molar-refractivity contribution in [1.82, 2.24) is 0 Å². The van der Waals surface area contributed by atoms with Crippen LogP contribution in [-0.4, -0.2) is 12.7 Å². The van der Waals surface area contributed by atoms with Crippen molar-refractivity contribution in [1.29, 1.82) is 10.8 Å². The fraction of sp³-hybridized carbons (Fsp3) is 0. The summed E-state index contributed by atoms with van der Waals surface area (Å²) in [6, 6.07) is 0. The van der Waals surface area contributed by atoms with Crippen molar-refractivity contribution in [2.45, 2.75) is 0 Å². The van der Waals surface area contributed by atoms with Gasteiger partial charge in [0.05, 0.1) is 0 Å². The molecule has 0 fully saturated rings. The van der Waals surface area contributed by atoms with Crippen LogP contribution in [0.5, 0.6) is 0 Å². The zero-order chi connectivity index (χ0) is 8.99. The molecule has 0 aliphatic heterocycles. The molecule has 10 heavy (non-hydrogen) atoms. The SMILES string of the molecule is N=[C-]N.N=[C-]N.[Cl][Mo]([Cl])[Cl]. The molecule has 0 saturated heterocycles. The molecule has 0 atom stereocenters. The van der Waals surface area contributed by atoms with Gasteiger partial charge in [-0.05, 0) is 0 Å². The molecule has 0 aliphatic carbocycles. The topological polar surface area (TPSA) is 99.7 Å². The van der Waals surface area contributed by atoms with Gasteiger partial charge in [-0.15, -0.1) is 0 Å². The van der Waals surface area contributed by atoms with Crippen LogP contribution < -0.4 is 11.5 Å². The quantitative estimate of drug-likeness (QED) is 0.175.